The molecule has 0 heterocycles. The molecule has 1 aliphatic carbocycles. The van der Waals surface area contributed by atoms with Gasteiger partial charge < -0.3 is 0 Å². The number of allylic oxidation sites excluding steroid dienone is 1. The highest BCUT2D eigenvalue weighted by Gasteiger charge is 2.16. The Hall–Kier alpha value is -1.26. The number of hydrogen-bond acceptors (Lipinski definition) is 2. The average Bonchev–Trinajstić information content (AvgIpc) is 2.41. The van der Waals surface area contributed by atoms with Crippen LogP contribution in [0, 0.1) is 11.6 Å². The number of benzene rings is 1. The quantitative estimate of drug-likeness (QED) is 0.491. The van der Waals surface area contributed by atoms with Crippen molar-refractivity contribution < 1.29 is 8.78 Å². The van der Waals surface area contributed by atoms with Crippen molar-refractivity contribution in [2.24, 2.45) is 5.84 Å². The van der Waals surface area contributed by atoms with Crippen molar-refractivity contribution in [3.8, 4) is 0 Å². The van der Waals surface area contributed by atoms with E-state index in [0.29, 0.717) is 6.42 Å². The van der Waals surface area contributed by atoms with E-state index in [1.165, 1.54) is 24.5 Å². The molecule has 0 bridgehead atoms. The van der Waals surface area contributed by atoms with Crippen LogP contribution in [0.5, 0.6) is 0 Å². The van der Waals surface area contributed by atoms with Crippen molar-refractivity contribution in [1.82, 2.24) is 5.43 Å². The lowest BCUT2D eigenvalue weighted by Crippen LogP contribution is -2.38. The summed E-state index contributed by atoms with van der Waals surface area (Å²) in [4.78, 5) is 0. The van der Waals surface area contributed by atoms with E-state index in [1.54, 1.807) is 6.07 Å². The minimum Gasteiger partial charge on any atom is -0.271 e. The molecular weight excluding hydrogens is 234 g/mol. The second kappa shape index (κ2) is 6.07. The Morgan fingerprint density at radius 1 is 1.22 bits per heavy atom. The van der Waals surface area contributed by atoms with Crippen LogP contribution in [0.4, 0.5) is 8.78 Å². The van der Waals surface area contributed by atoms with Crippen LogP contribution in [0.25, 0.3) is 0 Å². The first-order valence-electron chi connectivity index (χ1n) is 6.29. The molecule has 1 aromatic rings. The van der Waals surface area contributed by atoms with Crippen LogP contribution in [-0.4, -0.2) is 6.04 Å². The Morgan fingerprint density at radius 2 is 2.06 bits per heavy atom. The maximum atomic E-state index is 13.1. The molecule has 1 aromatic carbocycles. The summed E-state index contributed by atoms with van der Waals surface area (Å²) in [7, 11) is 0. The van der Waals surface area contributed by atoms with E-state index in [9.17, 15) is 8.78 Å². The van der Waals surface area contributed by atoms with Crippen LogP contribution in [-0.2, 0) is 6.42 Å². The zero-order valence-corrected chi connectivity index (χ0v) is 10.3. The first-order chi connectivity index (χ1) is 8.70. The van der Waals surface area contributed by atoms with Gasteiger partial charge in [0.25, 0.3) is 0 Å². The van der Waals surface area contributed by atoms with Crippen molar-refractivity contribution in [1.29, 1.82) is 0 Å². The van der Waals surface area contributed by atoms with Crippen molar-refractivity contribution in [2.45, 2.75) is 38.1 Å². The second-order valence-electron chi connectivity index (χ2n) is 4.70. The lowest BCUT2D eigenvalue weighted by Gasteiger charge is -2.22. The second-order valence-corrected chi connectivity index (χ2v) is 4.70. The maximum Gasteiger partial charge on any atom is 0.159 e. The van der Waals surface area contributed by atoms with Crippen LogP contribution < -0.4 is 11.3 Å². The predicted octanol–water partition coefficient (Wildman–Crippen LogP) is 2.84. The normalized spacial score (nSPS) is 17.4. The van der Waals surface area contributed by atoms with E-state index in [-0.39, 0.29) is 6.04 Å². The van der Waals surface area contributed by atoms with E-state index >= 15 is 0 Å². The van der Waals surface area contributed by atoms with Gasteiger partial charge in [-0.05, 0) is 49.8 Å². The third-order valence-electron chi connectivity index (χ3n) is 3.40. The minimum absolute atomic E-state index is 0.00941. The molecule has 4 heteroatoms. The first-order valence-corrected chi connectivity index (χ1v) is 6.29. The molecule has 1 aliphatic rings. The molecule has 0 amide bonds. The van der Waals surface area contributed by atoms with Crippen molar-refractivity contribution >= 4 is 0 Å². The first kappa shape index (κ1) is 13.2. The zero-order valence-electron chi connectivity index (χ0n) is 10.3. The number of nitrogens with one attached hydrogen (secondary N) is 1. The van der Waals surface area contributed by atoms with Gasteiger partial charge in [0.05, 0.1) is 0 Å². The minimum atomic E-state index is -0.812. The average molecular weight is 252 g/mol. The Labute approximate surface area is 106 Å². The number of hydrazine groups is 1. The van der Waals surface area contributed by atoms with E-state index in [4.69, 9.17) is 5.84 Å². The lowest BCUT2D eigenvalue weighted by atomic mass is 9.90. The Balaban J connectivity index is 2.09. The van der Waals surface area contributed by atoms with Crippen LogP contribution in [0.1, 0.15) is 31.2 Å². The fourth-order valence-corrected chi connectivity index (χ4v) is 2.38. The SMILES string of the molecule is NNC(Cc1ccc(F)c(F)c1)C1=CCCCC1. The number of hydrogen-bond donors (Lipinski definition) is 2. The van der Waals surface area contributed by atoms with Gasteiger partial charge in [0.2, 0.25) is 0 Å². The highest BCUT2D eigenvalue weighted by molar-refractivity contribution is 5.23. The summed E-state index contributed by atoms with van der Waals surface area (Å²) in [6.45, 7) is 0. The molecule has 3 N–H and O–H groups in total. The fraction of sp³-hybridized carbons (Fsp3) is 0.429. The molecule has 0 radical (unpaired) electrons. The molecule has 0 saturated heterocycles. The Bertz CT molecular complexity index is 443. The van der Waals surface area contributed by atoms with Crippen molar-refractivity contribution in [2.75, 3.05) is 0 Å². The molecule has 18 heavy (non-hydrogen) atoms. The van der Waals surface area contributed by atoms with Crippen LogP contribution in [0.15, 0.2) is 29.8 Å². The van der Waals surface area contributed by atoms with Gasteiger partial charge in [-0.2, -0.15) is 0 Å². The van der Waals surface area contributed by atoms with E-state index in [0.717, 1.165) is 24.5 Å². The van der Waals surface area contributed by atoms with Gasteiger partial charge >= 0.3 is 0 Å². The van der Waals surface area contributed by atoms with E-state index in [1.807, 2.05) is 0 Å². The van der Waals surface area contributed by atoms with Gasteiger partial charge in [0.15, 0.2) is 11.6 Å². The third-order valence-corrected chi connectivity index (χ3v) is 3.40. The summed E-state index contributed by atoms with van der Waals surface area (Å²) in [5, 5.41) is 0. The summed E-state index contributed by atoms with van der Waals surface area (Å²) >= 11 is 0. The molecule has 0 aliphatic heterocycles. The molecule has 0 fully saturated rings. The summed E-state index contributed by atoms with van der Waals surface area (Å²) in [5.74, 6) is 3.94. The molecule has 0 spiro atoms. The number of halogens is 2. The third kappa shape index (κ3) is 3.15. The van der Waals surface area contributed by atoms with Gasteiger partial charge in [-0.15, -0.1) is 0 Å². The molecule has 98 valence electrons. The standard InChI is InChI=1S/C14H18F2N2/c15-12-7-6-10(8-13(12)16)9-14(18-17)11-4-2-1-3-5-11/h4,6-8,14,18H,1-3,5,9,17H2. The van der Waals surface area contributed by atoms with E-state index < -0.39 is 11.6 Å². The number of nitrogens with two attached hydrogens (primary N) is 1. The maximum absolute atomic E-state index is 13.1. The molecular formula is C14H18F2N2. The van der Waals surface area contributed by atoms with Gasteiger partial charge in [-0.25, -0.2) is 8.78 Å². The summed E-state index contributed by atoms with van der Waals surface area (Å²) < 4.78 is 26.0. The largest absolute Gasteiger partial charge is 0.271 e. The van der Waals surface area contributed by atoms with Gasteiger partial charge in [-0.1, -0.05) is 17.7 Å². The smallest absolute Gasteiger partial charge is 0.159 e. The van der Waals surface area contributed by atoms with Crippen LogP contribution >= 0.6 is 0 Å². The van der Waals surface area contributed by atoms with Gasteiger partial charge in [0.1, 0.15) is 0 Å². The summed E-state index contributed by atoms with van der Waals surface area (Å²) in [6.07, 6.45) is 7.27. The predicted molar refractivity (Wildman–Crippen MR) is 67.7 cm³/mol. The molecule has 0 aromatic heterocycles. The summed E-state index contributed by atoms with van der Waals surface area (Å²) in [6, 6.07) is 4.01. The molecule has 2 nitrogen and oxygen atoms in total. The van der Waals surface area contributed by atoms with E-state index in [2.05, 4.69) is 11.5 Å². The monoisotopic (exact) mass is 252 g/mol. The fourth-order valence-electron chi connectivity index (χ4n) is 2.38. The summed E-state index contributed by atoms with van der Waals surface area (Å²) in [5.41, 5.74) is 4.79. The molecule has 2 rings (SSSR count). The molecule has 1 unspecified atom stereocenters. The topological polar surface area (TPSA) is 38.0 Å². The lowest BCUT2D eigenvalue weighted by molar-refractivity contribution is 0.503. The molecule has 1 atom stereocenters. The molecule has 0 saturated carbocycles. The Morgan fingerprint density at radius 3 is 2.67 bits per heavy atom. The van der Waals surface area contributed by atoms with Gasteiger partial charge in [0, 0.05) is 6.04 Å². The highest BCUT2D eigenvalue weighted by Crippen LogP contribution is 2.22. The number of rotatable bonds is 4. The van der Waals surface area contributed by atoms with Gasteiger partial charge in [-0.3, -0.25) is 11.3 Å². The van der Waals surface area contributed by atoms with Crippen molar-refractivity contribution in [3.63, 3.8) is 0 Å². The van der Waals surface area contributed by atoms with Crippen LogP contribution in [0.3, 0.4) is 0 Å². The zero-order chi connectivity index (χ0) is 13.0. The van der Waals surface area contributed by atoms with Crippen LogP contribution in [0.2, 0.25) is 0 Å². The Kier molecular flexibility index (Phi) is 4.44. The van der Waals surface area contributed by atoms with Crippen molar-refractivity contribution in [3.05, 3.63) is 47.0 Å². The highest BCUT2D eigenvalue weighted by atomic mass is 19.2.